The van der Waals surface area contributed by atoms with Crippen molar-refractivity contribution in [2.24, 2.45) is 0 Å². The average molecular weight is 482 g/mol. The smallest absolute Gasteiger partial charge is 0.306 e. The third-order valence-corrected chi connectivity index (χ3v) is 5.95. The Kier molecular flexibility index (Phi) is 6.37. The van der Waals surface area contributed by atoms with Crippen LogP contribution >= 0.6 is 11.8 Å². The number of nitro groups is 1. The molecule has 0 aliphatic rings. The second-order valence-electron chi connectivity index (χ2n) is 7.18. The molecule has 3 aromatic carbocycles. The van der Waals surface area contributed by atoms with Crippen molar-refractivity contribution in [3.63, 3.8) is 0 Å². The van der Waals surface area contributed by atoms with Crippen LogP contribution in [0.25, 0.3) is 16.6 Å². The topological polar surface area (TPSA) is 107 Å². The predicted octanol–water partition coefficient (Wildman–Crippen LogP) is 4.69. The molecule has 1 aromatic heterocycles. The van der Waals surface area contributed by atoms with E-state index in [1.165, 1.54) is 31.2 Å². The lowest BCUT2D eigenvalue weighted by molar-refractivity contribution is -0.387. The number of benzene rings is 3. The molecule has 172 valence electrons. The van der Waals surface area contributed by atoms with Gasteiger partial charge in [-0.2, -0.15) is 4.39 Å². The lowest BCUT2D eigenvalue weighted by Crippen LogP contribution is -2.26. The van der Waals surface area contributed by atoms with Gasteiger partial charge in [0.05, 0.1) is 26.8 Å². The summed E-state index contributed by atoms with van der Waals surface area (Å²) in [6.07, 6.45) is 0. The van der Waals surface area contributed by atoms with Crippen LogP contribution in [-0.2, 0) is 4.79 Å². The maximum absolute atomic E-state index is 14.6. The average Bonchev–Trinajstić information content (AvgIpc) is 2.81. The van der Waals surface area contributed by atoms with Crippen LogP contribution in [0.1, 0.15) is 6.92 Å². The first-order chi connectivity index (χ1) is 16.3. The fourth-order valence-electron chi connectivity index (χ4n) is 3.22. The Morgan fingerprint density at radius 1 is 1.09 bits per heavy atom. The molecule has 4 aromatic rings. The minimum atomic E-state index is -1.03. The van der Waals surface area contributed by atoms with E-state index in [9.17, 15) is 28.5 Å². The normalized spacial score (nSPS) is 11.9. The monoisotopic (exact) mass is 482 g/mol. The van der Waals surface area contributed by atoms with Gasteiger partial charge >= 0.3 is 5.69 Å². The van der Waals surface area contributed by atoms with E-state index in [0.29, 0.717) is 5.52 Å². The van der Waals surface area contributed by atoms with Crippen LogP contribution in [-0.4, -0.2) is 25.6 Å². The summed E-state index contributed by atoms with van der Waals surface area (Å²) in [5, 5.41) is 13.0. The van der Waals surface area contributed by atoms with E-state index < -0.39 is 39.0 Å². The first-order valence-electron chi connectivity index (χ1n) is 9.94. The van der Waals surface area contributed by atoms with Crippen molar-refractivity contribution >= 4 is 39.9 Å². The fourth-order valence-corrected chi connectivity index (χ4v) is 4.14. The molecule has 0 aliphatic heterocycles. The van der Waals surface area contributed by atoms with Crippen LogP contribution in [0.4, 0.5) is 20.2 Å². The fraction of sp³-hybridized carbons (Fsp3) is 0.0870. The van der Waals surface area contributed by atoms with Crippen LogP contribution < -0.4 is 10.9 Å². The number of anilines is 1. The lowest BCUT2D eigenvalue weighted by Gasteiger charge is -2.17. The molecule has 34 heavy (non-hydrogen) atoms. The third-order valence-electron chi connectivity index (χ3n) is 4.90. The number of thioether (sulfide) groups is 1. The molecule has 0 saturated heterocycles. The molecule has 0 fully saturated rings. The van der Waals surface area contributed by atoms with Crippen LogP contribution in [0, 0.1) is 21.7 Å². The maximum Gasteiger partial charge on any atom is 0.306 e. The number of nitrogens with zero attached hydrogens (tertiary/aromatic N) is 3. The zero-order chi connectivity index (χ0) is 24.4. The van der Waals surface area contributed by atoms with Crippen LogP contribution in [0.5, 0.6) is 0 Å². The van der Waals surface area contributed by atoms with Crippen molar-refractivity contribution in [2.45, 2.75) is 17.3 Å². The molecule has 0 spiro atoms. The van der Waals surface area contributed by atoms with Crippen molar-refractivity contribution in [3.05, 3.63) is 98.8 Å². The summed E-state index contributed by atoms with van der Waals surface area (Å²) in [4.78, 5) is 40.5. The van der Waals surface area contributed by atoms with Crippen LogP contribution in [0.2, 0.25) is 0 Å². The van der Waals surface area contributed by atoms with Crippen molar-refractivity contribution in [1.29, 1.82) is 0 Å². The highest BCUT2D eigenvalue weighted by molar-refractivity contribution is 8.00. The van der Waals surface area contributed by atoms with E-state index in [1.807, 2.05) is 0 Å². The molecule has 11 heteroatoms. The number of hydrogen-bond donors (Lipinski definition) is 1. The number of carbonyl (C=O) groups is 1. The first-order valence-corrected chi connectivity index (χ1v) is 10.8. The second-order valence-corrected chi connectivity index (χ2v) is 8.48. The quantitative estimate of drug-likeness (QED) is 0.185. The Morgan fingerprint density at radius 2 is 1.79 bits per heavy atom. The third kappa shape index (κ3) is 4.50. The van der Waals surface area contributed by atoms with Gasteiger partial charge in [0.2, 0.25) is 11.7 Å². The lowest BCUT2D eigenvalue weighted by atomic mass is 10.2. The molecular formula is C23H16F2N4O4S. The Balaban J connectivity index is 1.70. The SMILES string of the molecule is CC(Sc1nc2ccccc2c(=O)n1-c1ccccc1F)C(=O)Nc1ccc(F)c([N+](=O)[O-])c1. The number of amides is 1. The highest BCUT2D eigenvalue weighted by Gasteiger charge is 2.23. The van der Waals surface area contributed by atoms with Crippen LogP contribution in [0.15, 0.2) is 76.7 Å². The van der Waals surface area contributed by atoms with E-state index in [0.717, 1.165) is 28.5 Å². The summed E-state index contributed by atoms with van der Waals surface area (Å²) >= 11 is 0.909. The molecule has 0 radical (unpaired) electrons. The molecule has 1 unspecified atom stereocenters. The minimum absolute atomic E-state index is 0.0185. The Morgan fingerprint density at radius 3 is 2.53 bits per heavy atom. The molecule has 4 rings (SSSR count). The van der Waals surface area contributed by atoms with Gasteiger partial charge in [-0.3, -0.25) is 24.3 Å². The van der Waals surface area contributed by atoms with Gasteiger partial charge in [0.25, 0.3) is 5.56 Å². The maximum atomic E-state index is 14.6. The van der Waals surface area contributed by atoms with Crippen molar-refractivity contribution < 1.29 is 18.5 Å². The number of nitro benzene ring substituents is 1. The van der Waals surface area contributed by atoms with Crippen LogP contribution in [0.3, 0.4) is 0 Å². The van der Waals surface area contributed by atoms with Crippen molar-refractivity contribution in [1.82, 2.24) is 9.55 Å². The van der Waals surface area contributed by atoms with Gasteiger partial charge < -0.3 is 5.32 Å². The summed E-state index contributed by atoms with van der Waals surface area (Å²) in [5.41, 5.74) is -0.884. The number of carbonyl (C=O) groups excluding carboxylic acids is 1. The summed E-state index contributed by atoms with van der Waals surface area (Å²) in [7, 11) is 0. The largest absolute Gasteiger partial charge is 0.325 e. The Bertz CT molecular complexity index is 1490. The van der Waals surface area contributed by atoms with Gasteiger partial charge in [0.15, 0.2) is 5.16 Å². The first kappa shape index (κ1) is 23.1. The van der Waals surface area contributed by atoms with Gasteiger partial charge in [-0.25, -0.2) is 9.37 Å². The van der Waals surface area contributed by atoms with Crippen molar-refractivity contribution in [3.8, 4) is 5.69 Å². The molecule has 0 bridgehead atoms. The Labute approximate surface area is 195 Å². The molecule has 1 heterocycles. The summed E-state index contributed by atoms with van der Waals surface area (Å²) in [5.74, 6) is -2.24. The summed E-state index contributed by atoms with van der Waals surface area (Å²) < 4.78 is 29.3. The number of para-hydroxylation sites is 2. The molecule has 0 saturated carbocycles. The molecule has 8 nitrogen and oxygen atoms in total. The van der Waals surface area contributed by atoms with E-state index in [-0.39, 0.29) is 21.9 Å². The van der Waals surface area contributed by atoms with Gasteiger partial charge in [-0.05, 0) is 43.3 Å². The van der Waals surface area contributed by atoms with Gasteiger partial charge in [0, 0.05) is 11.8 Å². The highest BCUT2D eigenvalue weighted by Crippen LogP contribution is 2.28. The van der Waals surface area contributed by atoms with Gasteiger partial charge in [0.1, 0.15) is 5.82 Å². The van der Waals surface area contributed by atoms with E-state index in [1.54, 1.807) is 30.3 Å². The van der Waals surface area contributed by atoms with E-state index in [4.69, 9.17) is 0 Å². The van der Waals surface area contributed by atoms with Gasteiger partial charge in [-0.15, -0.1) is 0 Å². The zero-order valence-electron chi connectivity index (χ0n) is 17.6. The number of nitrogens with one attached hydrogen (secondary N) is 1. The number of rotatable bonds is 6. The number of aromatic nitrogens is 2. The summed E-state index contributed by atoms with van der Waals surface area (Å²) in [6, 6.07) is 15.3. The summed E-state index contributed by atoms with van der Waals surface area (Å²) in [6.45, 7) is 1.53. The minimum Gasteiger partial charge on any atom is -0.325 e. The number of halogens is 2. The predicted molar refractivity (Wildman–Crippen MR) is 124 cm³/mol. The molecule has 1 N–H and O–H groups in total. The van der Waals surface area contributed by atoms with E-state index >= 15 is 0 Å². The van der Waals surface area contributed by atoms with Gasteiger partial charge in [-0.1, -0.05) is 36.0 Å². The van der Waals surface area contributed by atoms with Crippen molar-refractivity contribution in [2.75, 3.05) is 5.32 Å². The second kappa shape index (κ2) is 9.40. The standard InChI is InChI=1S/C23H16F2N4O4S/c1-13(21(30)26-14-10-11-17(25)20(12-14)29(32)33)34-23-27-18-8-4-2-6-15(18)22(31)28(23)19-9-5-3-7-16(19)24/h2-13H,1H3,(H,26,30). The van der Waals surface area contributed by atoms with E-state index in [2.05, 4.69) is 10.3 Å². The molecule has 1 atom stereocenters. The molecule has 0 aliphatic carbocycles. The highest BCUT2D eigenvalue weighted by atomic mass is 32.2. The Hall–Kier alpha value is -4.12. The zero-order valence-corrected chi connectivity index (χ0v) is 18.4. The molecule has 1 amide bonds. The number of fused-ring (bicyclic) bond motifs is 1. The molecular weight excluding hydrogens is 466 g/mol. The number of hydrogen-bond acceptors (Lipinski definition) is 6.